The van der Waals surface area contributed by atoms with E-state index in [0.717, 1.165) is 24.8 Å². The molecule has 1 aromatic carbocycles. The van der Waals surface area contributed by atoms with Crippen molar-refractivity contribution in [2.75, 3.05) is 12.4 Å². The van der Waals surface area contributed by atoms with Crippen LogP contribution in [0.4, 0.5) is 0 Å². The molecule has 2 fully saturated rings. The maximum absolute atomic E-state index is 12.2. The SMILES string of the molecule is O=C(Cc1ccccc1)NCC(=O)NC1CC(NC(=O)CCl)C12CCC2. The number of hydrogen-bond donors (Lipinski definition) is 3. The number of carbonyl (C=O) groups excluding carboxylic acids is 3. The van der Waals surface area contributed by atoms with Gasteiger partial charge in [-0.05, 0) is 24.8 Å². The molecule has 3 N–H and O–H groups in total. The molecule has 3 amide bonds. The molecular weight excluding hydrogens is 354 g/mol. The molecule has 0 aromatic heterocycles. The minimum Gasteiger partial charge on any atom is -0.352 e. The molecule has 2 aliphatic rings. The summed E-state index contributed by atoms with van der Waals surface area (Å²) in [4.78, 5) is 35.6. The van der Waals surface area contributed by atoms with Crippen molar-refractivity contribution >= 4 is 29.3 Å². The molecule has 26 heavy (non-hydrogen) atoms. The molecule has 0 heterocycles. The van der Waals surface area contributed by atoms with Crippen LogP contribution < -0.4 is 16.0 Å². The predicted molar refractivity (Wildman–Crippen MR) is 98.6 cm³/mol. The maximum Gasteiger partial charge on any atom is 0.239 e. The fraction of sp³-hybridized carbons (Fsp3) is 0.526. The maximum atomic E-state index is 12.2. The van der Waals surface area contributed by atoms with Gasteiger partial charge in [-0.2, -0.15) is 0 Å². The molecule has 2 saturated carbocycles. The van der Waals surface area contributed by atoms with Gasteiger partial charge in [0.1, 0.15) is 5.88 Å². The first-order valence-electron chi connectivity index (χ1n) is 8.99. The van der Waals surface area contributed by atoms with E-state index in [9.17, 15) is 14.4 Å². The van der Waals surface area contributed by atoms with Crippen LogP contribution in [0.1, 0.15) is 31.2 Å². The second-order valence-corrected chi connectivity index (χ2v) is 7.40. The lowest BCUT2D eigenvalue weighted by Crippen LogP contribution is -2.72. The first-order chi connectivity index (χ1) is 12.5. The predicted octanol–water partition coefficient (Wildman–Crippen LogP) is 1.13. The molecule has 0 radical (unpaired) electrons. The monoisotopic (exact) mass is 377 g/mol. The van der Waals surface area contributed by atoms with Gasteiger partial charge in [-0.3, -0.25) is 14.4 Å². The highest BCUT2D eigenvalue weighted by atomic mass is 35.5. The van der Waals surface area contributed by atoms with E-state index in [1.54, 1.807) is 0 Å². The van der Waals surface area contributed by atoms with Crippen LogP contribution in [0.2, 0.25) is 0 Å². The summed E-state index contributed by atoms with van der Waals surface area (Å²) in [6.07, 6.45) is 4.06. The van der Waals surface area contributed by atoms with E-state index in [1.807, 2.05) is 30.3 Å². The Bertz CT molecular complexity index is 676. The third kappa shape index (κ3) is 4.01. The van der Waals surface area contributed by atoms with Crippen LogP contribution in [-0.4, -0.2) is 42.2 Å². The Labute approximate surface area is 158 Å². The highest BCUT2D eigenvalue weighted by Gasteiger charge is 2.59. The Hall–Kier alpha value is -2.08. The average molecular weight is 378 g/mol. The van der Waals surface area contributed by atoms with Gasteiger partial charge in [0.2, 0.25) is 17.7 Å². The fourth-order valence-corrected chi connectivity index (χ4v) is 4.05. The van der Waals surface area contributed by atoms with E-state index >= 15 is 0 Å². The number of halogens is 1. The number of carbonyl (C=O) groups is 3. The number of hydrogen-bond acceptors (Lipinski definition) is 3. The Morgan fingerprint density at radius 3 is 2.23 bits per heavy atom. The third-order valence-electron chi connectivity index (χ3n) is 5.59. The van der Waals surface area contributed by atoms with Crippen molar-refractivity contribution in [3.8, 4) is 0 Å². The molecule has 6 nitrogen and oxygen atoms in total. The van der Waals surface area contributed by atoms with E-state index in [2.05, 4.69) is 16.0 Å². The number of nitrogens with one attached hydrogen (secondary N) is 3. The minimum atomic E-state index is -0.190. The van der Waals surface area contributed by atoms with Crippen LogP contribution in [0.3, 0.4) is 0 Å². The normalized spacial score (nSPS) is 22.7. The zero-order valence-corrected chi connectivity index (χ0v) is 15.3. The van der Waals surface area contributed by atoms with Crippen molar-refractivity contribution in [3.05, 3.63) is 35.9 Å². The largest absolute Gasteiger partial charge is 0.352 e. The third-order valence-corrected chi connectivity index (χ3v) is 5.83. The van der Waals surface area contributed by atoms with Gasteiger partial charge in [0.25, 0.3) is 0 Å². The van der Waals surface area contributed by atoms with Gasteiger partial charge in [0.05, 0.1) is 13.0 Å². The van der Waals surface area contributed by atoms with Gasteiger partial charge >= 0.3 is 0 Å². The molecule has 2 atom stereocenters. The lowest BCUT2D eigenvalue weighted by Gasteiger charge is -2.61. The van der Waals surface area contributed by atoms with Crippen molar-refractivity contribution in [1.29, 1.82) is 0 Å². The first-order valence-corrected chi connectivity index (χ1v) is 9.52. The molecule has 2 aliphatic carbocycles. The van der Waals surface area contributed by atoms with E-state index in [0.29, 0.717) is 6.42 Å². The van der Waals surface area contributed by atoms with E-state index in [1.165, 1.54) is 0 Å². The zero-order chi connectivity index (χ0) is 18.6. The molecule has 140 valence electrons. The highest BCUT2D eigenvalue weighted by molar-refractivity contribution is 6.27. The Morgan fingerprint density at radius 1 is 1.00 bits per heavy atom. The van der Waals surface area contributed by atoms with E-state index in [-0.39, 0.29) is 54.1 Å². The zero-order valence-electron chi connectivity index (χ0n) is 14.6. The standard InChI is InChI=1S/C19H24ClN3O3/c20-11-17(25)22-14-10-15(19(14)7-4-8-19)23-18(26)12-21-16(24)9-13-5-2-1-3-6-13/h1-3,5-6,14-15H,4,7-12H2,(H,21,24)(H,22,25)(H,23,26). The Morgan fingerprint density at radius 2 is 1.65 bits per heavy atom. The molecule has 0 saturated heterocycles. The smallest absolute Gasteiger partial charge is 0.239 e. The van der Waals surface area contributed by atoms with Gasteiger partial charge < -0.3 is 16.0 Å². The van der Waals surface area contributed by atoms with Crippen molar-refractivity contribution in [2.24, 2.45) is 5.41 Å². The Balaban J connectivity index is 1.42. The van der Waals surface area contributed by atoms with Crippen LogP contribution in [-0.2, 0) is 20.8 Å². The van der Waals surface area contributed by atoms with Crippen LogP contribution in [0.5, 0.6) is 0 Å². The fourth-order valence-electron chi connectivity index (χ4n) is 3.98. The highest BCUT2D eigenvalue weighted by Crippen LogP contribution is 2.55. The summed E-state index contributed by atoms with van der Waals surface area (Å²) in [6, 6.07) is 9.54. The lowest BCUT2D eigenvalue weighted by atomic mass is 9.50. The van der Waals surface area contributed by atoms with Gasteiger partial charge in [-0.15, -0.1) is 11.6 Å². The molecule has 0 aliphatic heterocycles. The number of rotatable bonds is 7. The minimum absolute atomic E-state index is 0.0308. The van der Waals surface area contributed by atoms with Crippen molar-refractivity contribution < 1.29 is 14.4 Å². The summed E-state index contributed by atoms with van der Waals surface area (Å²) in [6.45, 7) is -0.0308. The van der Waals surface area contributed by atoms with E-state index < -0.39 is 0 Å². The van der Waals surface area contributed by atoms with Gasteiger partial charge in [-0.1, -0.05) is 36.8 Å². The van der Waals surface area contributed by atoms with Gasteiger partial charge in [0, 0.05) is 17.5 Å². The van der Waals surface area contributed by atoms with Crippen LogP contribution >= 0.6 is 11.6 Å². The summed E-state index contributed by atoms with van der Waals surface area (Å²) < 4.78 is 0. The van der Waals surface area contributed by atoms with Crippen molar-refractivity contribution in [2.45, 2.75) is 44.2 Å². The molecule has 7 heteroatoms. The van der Waals surface area contributed by atoms with Gasteiger partial charge in [0.15, 0.2) is 0 Å². The summed E-state index contributed by atoms with van der Waals surface area (Å²) in [5.74, 6) is -0.576. The first kappa shape index (κ1) is 18.7. The van der Waals surface area contributed by atoms with Crippen LogP contribution in [0.15, 0.2) is 30.3 Å². The molecule has 1 aromatic rings. The number of amides is 3. The molecular formula is C19H24ClN3O3. The van der Waals surface area contributed by atoms with Crippen LogP contribution in [0, 0.1) is 5.41 Å². The molecule has 0 bridgehead atoms. The molecule has 3 rings (SSSR count). The summed E-state index contributed by atoms with van der Waals surface area (Å²) in [7, 11) is 0. The number of benzene rings is 1. The summed E-state index contributed by atoms with van der Waals surface area (Å²) in [5.41, 5.74) is 0.876. The topological polar surface area (TPSA) is 87.3 Å². The molecule has 2 unspecified atom stereocenters. The summed E-state index contributed by atoms with van der Waals surface area (Å²) in [5, 5.41) is 8.62. The quantitative estimate of drug-likeness (QED) is 0.622. The average Bonchev–Trinajstić information content (AvgIpc) is 2.58. The van der Waals surface area contributed by atoms with Gasteiger partial charge in [-0.25, -0.2) is 0 Å². The van der Waals surface area contributed by atoms with E-state index in [4.69, 9.17) is 11.6 Å². The lowest BCUT2D eigenvalue weighted by molar-refractivity contribution is -0.134. The second-order valence-electron chi connectivity index (χ2n) is 7.14. The second kappa shape index (κ2) is 8.08. The van der Waals surface area contributed by atoms with Crippen LogP contribution in [0.25, 0.3) is 0 Å². The van der Waals surface area contributed by atoms with Crippen molar-refractivity contribution in [3.63, 3.8) is 0 Å². The number of alkyl halides is 1. The summed E-state index contributed by atoms with van der Waals surface area (Å²) >= 11 is 5.56. The molecule has 1 spiro atoms. The Kier molecular flexibility index (Phi) is 5.81. The van der Waals surface area contributed by atoms with Crippen molar-refractivity contribution in [1.82, 2.24) is 16.0 Å².